The van der Waals surface area contributed by atoms with Gasteiger partial charge in [0.15, 0.2) is 5.65 Å². The van der Waals surface area contributed by atoms with Crippen LogP contribution in [-0.4, -0.2) is 106 Å². The Bertz CT molecular complexity index is 1250. The normalized spacial score (nSPS) is 18.5. The number of ether oxygens (including phenoxy) is 1. The molecule has 0 atom stereocenters. The Morgan fingerprint density at radius 1 is 0.939 bits per heavy atom. The molecule has 6 rings (SSSR count). The first kappa shape index (κ1) is 20.5. The van der Waals surface area contributed by atoms with Gasteiger partial charge in [-0.15, -0.1) is 0 Å². The molecular formula is C23H29N9O. The topological polar surface area (TPSA) is 91.2 Å². The summed E-state index contributed by atoms with van der Waals surface area (Å²) in [5.74, 6) is 0.739. The summed E-state index contributed by atoms with van der Waals surface area (Å²) in [5.41, 5.74) is 3.83. The first-order valence-corrected chi connectivity index (χ1v) is 11.7. The summed E-state index contributed by atoms with van der Waals surface area (Å²) in [6.45, 7) is 9.15. The molecule has 1 N–H and O–H groups in total. The van der Waals surface area contributed by atoms with E-state index in [9.17, 15) is 0 Å². The SMILES string of the molecule is CN1CCN(CCn2ncc3c(-c4cccc5[nH]ncc45)nc(N4CCOCC4)nc32)CC1. The number of likely N-dealkylation sites (N-methyl/N-ethyl adjacent to an activating group) is 1. The van der Waals surface area contributed by atoms with E-state index in [0.717, 1.165) is 91.5 Å². The maximum Gasteiger partial charge on any atom is 0.228 e. The number of morpholine rings is 1. The Balaban J connectivity index is 1.41. The predicted molar refractivity (Wildman–Crippen MR) is 127 cm³/mol. The molecule has 0 saturated carbocycles. The van der Waals surface area contributed by atoms with Crippen molar-refractivity contribution in [2.45, 2.75) is 6.54 Å². The van der Waals surface area contributed by atoms with Gasteiger partial charge in [-0.2, -0.15) is 15.2 Å². The van der Waals surface area contributed by atoms with E-state index in [2.05, 4.69) is 38.0 Å². The van der Waals surface area contributed by atoms with Crippen molar-refractivity contribution in [2.75, 3.05) is 71.0 Å². The van der Waals surface area contributed by atoms with Crippen LogP contribution in [-0.2, 0) is 11.3 Å². The molecule has 4 aromatic rings. The van der Waals surface area contributed by atoms with Gasteiger partial charge in [0.2, 0.25) is 5.95 Å². The zero-order chi connectivity index (χ0) is 22.2. The lowest BCUT2D eigenvalue weighted by Crippen LogP contribution is -2.45. The third kappa shape index (κ3) is 3.94. The molecule has 0 aliphatic carbocycles. The number of nitrogens with one attached hydrogen (secondary N) is 1. The molecular weight excluding hydrogens is 418 g/mol. The summed E-state index contributed by atoms with van der Waals surface area (Å²) in [5, 5.41) is 14.1. The van der Waals surface area contributed by atoms with Crippen LogP contribution in [0.3, 0.4) is 0 Å². The molecule has 2 saturated heterocycles. The number of hydrogen-bond acceptors (Lipinski definition) is 8. The average molecular weight is 448 g/mol. The number of H-pyrrole nitrogens is 1. The fraction of sp³-hybridized carbons (Fsp3) is 0.478. The summed E-state index contributed by atoms with van der Waals surface area (Å²) >= 11 is 0. The van der Waals surface area contributed by atoms with Crippen LogP contribution in [0.1, 0.15) is 0 Å². The second kappa shape index (κ2) is 8.69. The van der Waals surface area contributed by atoms with Gasteiger partial charge in [-0.05, 0) is 13.1 Å². The summed E-state index contributed by atoms with van der Waals surface area (Å²) in [6.07, 6.45) is 3.78. The van der Waals surface area contributed by atoms with Crippen molar-refractivity contribution in [1.29, 1.82) is 0 Å². The van der Waals surface area contributed by atoms with Crippen molar-refractivity contribution in [1.82, 2.24) is 39.7 Å². The number of piperazine rings is 1. The molecule has 0 amide bonds. The smallest absolute Gasteiger partial charge is 0.228 e. The van der Waals surface area contributed by atoms with Gasteiger partial charge in [0.1, 0.15) is 0 Å². The lowest BCUT2D eigenvalue weighted by atomic mass is 10.1. The third-order valence-electron chi connectivity index (χ3n) is 6.74. The molecule has 3 aromatic heterocycles. The quantitative estimate of drug-likeness (QED) is 0.492. The molecule has 2 aliphatic heterocycles. The van der Waals surface area contributed by atoms with Gasteiger partial charge in [0.05, 0.1) is 48.7 Å². The molecule has 2 fully saturated rings. The van der Waals surface area contributed by atoms with Crippen molar-refractivity contribution < 1.29 is 4.74 Å². The highest BCUT2D eigenvalue weighted by Crippen LogP contribution is 2.33. The molecule has 5 heterocycles. The molecule has 0 radical (unpaired) electrons. The molecule has 2 aliphatic rings. The number of nitrogens with zero attached hydrogens (tertiary/aromatic N) is 8. The standard InChI is InChI=1S/C23H29N9O/c1-29-5-7-30(8-6-29)9-10-32-22-19(16-25-32)21(17-3-2-4-20-18(17)15-24-28-20)26-23(27-22)31-11-13-33-14-12-31/h2-4,15-16H,5-14H2,1H3,(H,24,28). The van der Waals surface area contributed by atoms with E-state index in [1.165, 1.54) is 0 Å². The van der Waals surface area contributed by atoms with Crippen LogP contribution in [0.15, 0.2) is 30.6 Å². The van der Waals surface area contributed by atoms with Crippen molar-refractivity contribution in [2.24, 2.45) is 0 Å². The second-order valence-electron chi connectivity index (χ2n) is 8.86. The zero-order valence-electron chi connectivity index (χ0n) is 18.9. The lowest BCUT2D eigenvalue weighted by molar-refractivity contribution is 0.122. The fourth-order valence-corrected chi connectivity index (χ4v) is 4.70. The zero-order valence-corrected chi connectivity index (χ0v) is 18.9. The first-order chi connectivity index (χ1) is 16.3. The van der Waals surface area contributed by atoms with Crippen LogP contribution in [0.25, 0.3) is 33.2 Å². The summed E-state index contributed by atoms with van der Waals surface area (Å²) in [4.78, 5) is 17.1. The maximum atomic E-state index is 5.56. The minimum absolute atomic E-state index is 0.691. The van der Waals surface area contributed by atoms with Crippen LogP contribution in [0, 0.1) is 0 Å². The molecule has 0 bridgehead atoms. The molecule has 10 nitrogen and oxygen atoms in total. The molecule has 33 heavy (non-hydrogen) atoms. The van der Waals surface area contributed by atoms with E-state index in [-0.39, 0.29) is 0 Å². The number of fused-ring (bicyclic) bond motifs is 2. The van der Waals surface area contributed by atoms with E-state index in [0.29, 0.717) is 13.2 Å². The number of rotatable bonds is 5. The number of anilines is 1. The summed E-state index contributed by atoms with van der Waals surface area (Å²) in [6, 6.07) is 6.17. The van der Waals surface area contributed by atoms with Gasteiger partial charge >= 0.3 is 0 Å². The highest BCUT2D eigenvalue weighted by atomic mass is 16.5. The predicted octanol–water partition coefficient (Wildman–Crippen LogP) is 1.45. The van der Waals surface area contributed by atoms with E-state index in [4.69, 9.17) is 19.8 Å². The van der Waals surface area contributed by atoms with E-state index in [1.807, 2.05) is 29.2 Å². The van der Waals surface area contributed by atoms with Crippen LogP contribution >= 0.6 is 0 Å². The number of benzene rings is 1. The Morgan fingerprint density at radius 2 is 1.79 bits per heavy atom. The molecule has 172 valence electrons. The van der Waals surface area contributed by atoms with E-state index >= 15 is 0 Å². The van der Waals surface area contributed by atoms with Crippen LogP contribution in [0.5, 0.6) is 0 Å². The van der Waals surface area contributed by atoms with E-state index < -0.39 is 0 Å². The molecule has 0 unspecified atom stereocenters. The van der Waals surface area contributed by atoms with Crippen LogP contribution < -0.4 is 4.90 Å². The number of aromatic nitrogens is 6. The Hall–Kier alpha value is -3.08. The number of aromatic amines is 1. The highest BCUT2D eigenvalue weighted by Gasteiger charge is 2.21. The van der Waals surface area contributed by atoms with Crippen LogP contribution in [0.4, 0.5) is 5.95 Å². The minimum atomic E-state index is 0.691. The molecule has 10 heteroatoms. The van der Waals surface area contributed by atoms with Gasteiger partial charge in [-0.3, -0.25) is 10.00 Å². The Labute approximate surface area is 192 Å². The van der Waals surface area contributed by atoms with E-state index in [1.54, 1.807) is 0 Å². The van der Waals surface area contributed by atoms with Gasteiger partial charge in [0, 0.05) is 56.8 Å². The Morgan fingerprint density at radius 3 is 2.64 bits per heavy atom. The van der Waals surface area contributed by atoms with Gasteiger partial charge < -0.3 is 14.5 Å². The second-order valence-corrected chi connectivity index (χ2v) is 8.86. The number of hydrogen-bond donors (Lipinski definition) is 1. The Kier molecular flexibility index (Phi) is 5.41. The molecule has 1 aromatic carbocycles. The first-order valence-electron chi connectivity index (χ1n) is 11.7. The van der Waals surface area contributed by atoms with Gasteiger partial charge in [0.25, 0.3) is 0 Å². The average Bonchev–Trinajstić information content (AvgIpc) is 3.51. The third-order valence-corrected chi connectivity index (χ3v) is 6.74. The van der Waals surface area contributed by atoms with Crippen molar-refractivity contribution in [3.8, 4) is 11.3 Å². The van der Waals surface area contributed by atoms with Crippen molar-refractivity contribution in [3.63, 3.8) is 0 Å². The van der Waals surface area contributed by atoms with Gasteiger partial charge in [-0.25, -0.2) is 9.67 Å². The highest BCUT2D eigenvalue weighted by molar-refractivity contribution is 6.01. The monoisotopic (exact) mass is 447 g/mol. The largest absolute Gasteiger partial charge is 0.378 e. The molecule has 0 spiro atoms. The summed E-state index contributed by atoms with van der Waals surface area (Å²) in [7, 11) is 2.19. The van der Waals surface area contributed by atoms with Crippen LogP contribution in [0.2, 0.25) is 0 Å². The maximum absolute atomic E-state index is 5.56. The van der Waals surface area contributed by atoms with Gasteiger partial charge in [-0.1, -0.05) is 12.1 Å². The van der Waals surface area contributed by atoms with Crippen molar-refractivity contribution in [3.05, 3.63) is 30.6 Å². The summed E-state index contributed by atoms with van der Waals surface area (Å²) < 4.78 is 7.60. The minimum Gasteiger partial charge on any atom is -0.378 e. The van der Waals surface area contributed by atoms with Crippen molar-refractivity contribution >= 4 is 27.9 Å². The lowest BCUT2D eigenvalue weighted by Gasteiger charge is -2.32. The fourth-order valence-electron chi connectivity index (χ4n) is 4.70.